The molecule has 0 bridgehead atoms. The second kappa shape index (κ2) is 18.4. The van der Waals surface area contributed by atoms with Gasteiger partial charge < -0.3 is 9.84 Å². The monoisotopic (exact) mass is 340 g/mol. The van der Waals surface area contributed by atoms with Gasteiger partial charge in [0.25, 0.3) is 0 Å². The van der Waals surface area contributed by atoms with E-state index in [0.717, 1.165) is 19.3 Å². The summed E-state index contributed by atoms with van der Waals surface area (Å²) < 4.78 is 4.83. The maximum atomic E-state index is 10.5. The van der Waals surface area contributed by atoms with Gasteiger partial charge in [0.05, 0.1) is 0 Å². The number of ether oxygens (including phenoxy) is 1. The van der Waals surface area contributed by atoms with E-state index in [-0.39, 0.29) is 6.10 Å². The van der Waals surface area contributed by atoms with E-state index in [0.29, 0.717) is 0 Å². The predicted octanol–water partition coefficient (Wildman–Crippen LogP) is 7.50. The quantitative estimate of drug-likeness (QED) is 0.169. The van der Waals surface area contributed by atoms with Gasteiger partial charge in [-0.3, -0.25) is 0 Å². The van der Waals surface area contributed by atoms with Crippen LogP contribution in [-0.4, -0.2) is 17.4 Å². The lowest BCUT2D eigenvalue weighted by Crippen LogP contribution is -2.15. The van der Waals surface area contributed by atoms with E-state index >= 15 is 0 Å². The molecule has 3 nitrogen and oxygen atoms in total. The zero-order valence-electron chi connectivity index (χ0n) is 16.1. The largest absolute Gasteiger partial charge is 0.506 e. The van der Waals surface area contributed by atoms with Gasteiger partial charge in [-0.25, -0.2) is 4.79 Å². The molecule has 0 aromatic carbocycles. The van der Waals surface area contributed by atoms with Gasteiger partial charge in [-0.2, -0.15) is 0 Å². The number of allylic oxidation sites excluding steroid dienone is 2. The molecule has 0 fully saturated rings. The third-order valence-electron chi connectivity index (χ3n) is 4.51. The molecule has 0 spiro atoms. The molecule has 0 saturated carbocycles. The van der Waals surface area contributed by atoms with Crippen LogP contribution in [0.25, 0.3) is 0 Å². The van der Waals surface area contributed by atoms with Gasteiger partial charge in [-0.1, -0.05) is 77.4 Å². The molecule has 1 N–H and O–H groups in total. The van der Waals surface area contributed by atoms with Crippen molar-refractivity contribution >= 4 is 6.16 Å². The van der Waals surface area contributed by atoms with Crippen molar-refractivity contribution in [3.05, 3.63) is 12.2 Å². The Balaban J connectivity index is 3.27. The molecule has 0 aliphatic heterocycles. The number of rotatable bonds is 17. The van der Waals surface area contributed by atoms with E-state index in [9.17, 15) is 4.79 Å². The lowest BCUT2D eigenvalue weighted by atomic mass is 10.1. The summed E-state index contributed by atoms with van der Waals surface area (Å²) in [6.45, 7) is 4.24. The maximum absolute atomic E-state index is 10.5. The summed E-state index contributed by atoms with van der Waals surface area (Å²) in [5.74, 6) is 0. The normalized spacial score (nSPS) is 12.6. The summed E-state index contributed by atoms with van der Waals surface area (Å²) in [6, 6.07) is 0. The molecule has 24 heavy (non-hydrogen) atoms. The number of carboxylic acid groups (broad SMARTS) is 1. The van der Waals surface area contributed by atoms with Crippen LogP contribution >= 0.6 is 0 Å². The molecule has 0 aromatic rings. The molecule has 0 radical (unpaired) electrons. The minimum atomic E-state index is -1.14. The molecule has 0 aliphatic rings. The Morgan fingerprint density at radius 1 is 0.833 bits per heavy atom. The topological polar surface area (TPSA) is 46.5 Å². The fourth-order valence-electron chi connectivity index (χ4n) is 2.93. The average molecular weight is 341 g/mol. The maximum Gasteiger partial charge on any atom is 0.506 e. The minimum absolute atomic E-state index is 0.118. The van der Waals surface area contributed by atoms with Gasteiger partial charge in [0, 0.05) is 0 Å². The SMILES string of the molecule is CCCCCCCCC=CCCCCCCCC(CC)OC(=O)O. The first-order valence-electron chi connectivity index (χ1n) is 10.2. The molecule has 1 atom stereocenters. The van der Waals surface area contributed by atoms with E-state index in [1.807, 2.05) is 6.92 Å². The van der Waals surface area contributed by atoms with E-state index in [1.165, 1.54) is 77.0 Å². The van der Waals surface area contributed by atoms with Crippen LogP contribution < -0.4 is 0 Å². The second-order valence-electron chi connectivity index (χ2n) is 6.79. The third-order valence-corrected chi connectivity index (χ3v) is 4.51. The van der Waals surface area contributed by atoms with Crippen molar-refractivity contribution in [1.82, 2.24) is 0 Å². The Bertz CT molecular complexity index is 299. The smallest absolute Gasteiger partial charge is 0.450 e. The van der Waals surface area contributed by atoms with Crippen LogP contribution in [0.3, 0.4) is 0 Å². The summed E-state index contributed by atoms with van der Waals surface area (Å²) in [5.41, 5.74) is 0. The fourth-order valence-corrected chi connectivity index (χ4v) is 2.93. The van der Waals surface area contributed by atoms with E-state index in [2.05, 4.69) is 19.1 Å². The zero-order valence-corrected chi connectivity index (χ0v) is 16.1. The van der Waals surface area contributed by atoms with Crippen molar-refractivity contribution in [3.8, 4) is 0 Å². The van der Waals surface area contributed by atoms with Crippen LogP contribution in [-0.2, 0) is 4.74 Å². The van der Waals surface area contributed by atoms with Crippen LogP contribution in [0, 0.1) is 0 Å². The van der Waals surface area contributed by atoms with Crippen molar-refractivity contribution in [3.63, 3.8) is 0 Å². The van der Waals surface area contributed by atoms with Crippen molar-refractivity contribution in [2.24, 2.45) is 0 Å². The van der Waals surface area contributed by atoms with Crippen LogP contribution in [0.4, 0.5) is 4.79 Å². The predicted molar refractivity (Wildman–Crippen MR) is 103 cm³/mol. The molecule has 0 saturated heterocycles. The molecule has 1 unspecified atom stereocenters. The third kappa shape index (κ3) is 17.4. The number of hydrogen-bond donors (Lipinski definition) is 1. The van der Waals surface area contributed by atoms with Crippen LogP contribution in [0.1, 0.15) is 110 Å². The molecule has 0 aliphatic carbocycles. The van der Waals surface area contributed by atoms with Crippen LogP contribution in [0.15, 0.2) is 12.2 Å². The minimum Gasteiger partial charge on any atom is -0.450 e. The average Bonchev–Trinajstić information content (AvgIpc) is 2.56. The lowest BCUT2D eigenvalue weighted by molar-refractivity contribution is 0.0454. The van der Waals surface area contributed by atoms with E-state index in [4.69, 9.17) is 9.84 Å². The summed E-state index contributed by atoms with van der Waals surface area (Å²) in [5, 5.41) is 8.61. The molecule has 3 heteroatoms. The molecular weight excluding hydrogens is 300 g/mol. The van der Waals surface area contributed by atoms with Gasteiger partial charge in [-0.15, -0.1) is 0 Å². The molecular formula is C21H40O3. The van der Waals surface area contributed by atoms with Gasteiger partial charge in [0.2, 0.25) is 0 Å². The number of carbonyl (C=O) groups is 1. The van der Waals surface area contributed by atoms with Crippen LogP contribution in [0.5, 0.6) is 0 Å². The van der Waals surface area contributed by atoms with Gasteiger partial charge >= 0.3 is 6.16 Å². The Labute approximate surface area is 149 Å². The standard InChI is InChI=1S/C21H40O3/c1-3-5-6-7-8-9-10-11-12-13-14-15-16-17-18-19-20(4-2)24-21(22)23/h11-12,20H,3-10,13-19H2,1-2H3,(H,22,23). The highest BCUT2D eigenvalue weighted by atomic mass is 16.7. The number of hydrogen-bond acceptors (Lipinski definition) is 2. The molecule has 0 heterocycles. The summed E-state index contributed by atoms with van der Waals surface area (Å²) in [6.07, 6.45) is 21.8. The Hall–Kier alpha value is -0.990. The Kier molecular flexibility index (Phi) is 17.6. The molecule has 0 rings (SSSR count). The number of unbranched alkanes of at least 4 members (excludes halogenated alkanes) is 11. The Morgan fingerprint density at radius 3 is 1.83 bits per heavy atom. The van der Waals surface area contributed by atoms with E-state index < -0.39 is 6.16 Å². The fraction of sp³-hybridized carbons (Fsp3) is 0.857. The zero-order chi connectivity index (χ0) is 17.9. The Morgan fingerprint density at radius 2 is 1.33 bits per heavy atom. The van der Waals surface area contributed by atoms with Crippen molar-refractivity contribution in [1.29, 1.82) is 0 Å². The first-order valence-corrected chi connectivity index (χ1v) is 10.2. The van der Waals surface area contributed by atoms with Gasteiger partial charge in [0.15, 0.2) is 0 Å². The van der Waals surface area contributed by atoms with Crippen LogP contribution in [0.2, 0.25) is 0 Å². The molecule has 142 valence electrons. The summed E-state index contributed by atoms with van der Waals surface area (Å²) >= 11 is 0. The van der Waals surface area contributed by atoms with Crippen molar-refractivity contribution in [2.75, 3.05) is 0 Å². The van der Waals surface area contributed by atoms with Crippen molar-refractivity contribution < 1.29 is 14.6 Å². The first kappa shape index (κ1) is 23.0. The molecule has 0 aromatic heterocycles. The van der Waals surface area contributed by atoms with Gasteiger partial charge in [0.1, 0.15) is 6.10 Å². The summed E-state index contributed by atoms with van der Waals surface area (Å²) in [4.78, 5) is 10.5. The highest BCUT2D eigenvalue weighted by Gasteiger charge is 2.10. The second-order valence-corrected chi connectivity index (χ2v) is 6.79. The van der Waals surface area contributed by atoms with E-state index in [1.54, 1.807) is 0 Å². The van der Waals surface area contributed by atoms with Gasteiger partial charge in [-0.05, 0) is 44.9 Å². The highest BCUT2D eigenvalue weighted by Crippen LogP contribution is 2.13. The molecule has 0 amide bonds. The van der Waals surface area contributed by atoms with Crippen molar-refractivity contribution in [2.45, 2.75) is 116 Å². The summed E-state index contributed by atoms with van der Waals surface area (Å²) in [7, 11) is 0. The first-order chi connectivity index (χ1) is 11.7. The lowest BCUT2D eigenvalue weighted by Gasteiger charge is -2.13. The highest BCUT2D eigenvalue weighted by molar-refractivity contribution is 5.57.